The number of rotatable bonds is 5. The zero-order valence-corrected chi connectivity index (χ0v) is 12.6. The number of hydrogen-bond acceptors (Lipinski definition) is 4. The highest BCUT2D eigenvalue weighted by atomic mass is 16.6. The SMILES string of the molecule is CCC(C)C(=O)OCC(=O)OC(C)(C)C(C)(C)C. The van der Waals surface area contributed by atoms with Crippen molar-refractivity contribution >= 4 is 11.9 Å². The number of carbonyl (C=O) groups excluding carboxylic acids is 2. The van der Waals surface area contributed by atoms with Gasteiger partial charge in [0.1, 0.15) is 5.60 Å². The highest BCUT2D eigenvalue weighted by Gasteiger charge is 2.36. The predicted molar refractivity (Wildman–Crippen MR) is 70.0 cm³/mol. The minimum Gasteiger partial charge on any atom is -0.457 e. The molecule has 4 heteroatoms. The molecule has 0 aliphatic rings. The van der Waals surface area contributed by atoms with Crippen molar-refractivity contribution in [2.75, 3.05) is 6.61 Å². The van der Waals surface area contributed by atoms with Crippen LogP contribution in [0.15, 0.2) is 0 Å². The topological polar surface area (TPSA) is 52.6 Å². The summed E-state index contributed by atoms with van der Waals surface area (Å²) in [5.41, 5.74) is -0.782. The second-order valence-corrected chi connectivity index (χ2v) is 6.15. The van der Waals surface area contributed by atoms with Crippen molar-refractivity contribution in [1.82, 2.24) is 0 Å². The monoisotopic (exact) mass is 258 g/mol. The van der Waals surface area contributed by atoms with Crippen LogP contribution < -0.4 is 0 Å². The van der Waals surface area contributed by atoms with Crippen molar-refractivity contribution in [3.8, 4) is 0 Å². The highest BCUT2D eigenvalue weighted by molar-refractivity contribution is 5.77. The minimum absolute atomic E-state index is 0.177. The van der Waals surface area contributed by atoms with Crippen molar-refractivity contribution in [2.45, 2.75) is 60.5 Å². The molecule has 0 aromatic carbocycles. The van der Waals surface area contributed by atoms with Crippen LogP contribution in [0.25, 0.3) is 0 Å². The third kappa shape index (κ3) is 5.07. The Labute approximate surface area is 110 Å². The van der Waals surface area contributed by atoms with E-state index in [2.05, 4.69) is 0 Å². The fourth-order valence-corrected chi connectivity index (χ4v) is 0.906. The molecule has 0 N–H and O–H groups in total. The van der Waals surface area contributed by atoms with Gasteiger partial charge in [0.15, 0.2) is 6.61 Å². The molecule has 0 spiro atoms. The Balaban J connectivity index is 4.26. The van der Waals surface area contributed by atoms with Gasteiger partial charge in [0, 0.05) is 5.41 Å². The van der Waals surface area contributed by atoms with E-state index in [0.717, 1.165) is 0 Å². The zero-order valence-electron chi connectivity index (χ0n) is 12.6. The molecule has 0 radical (unpaired) electrons. The van der Waals surface area contributed by atoms with E-state index in [1.165, 1.54) is 0 Å². The van der Waals surface area contributed by atoms with Crippen molar-refractivity contribution in [2.24, 2.45) is 11.3 Å². The Bertz CT molecular complexity index is 299. The van der Waals surface area contributed by atoms with Gasteiger partial charge in [0.2, 0.25) is 0 Å². The molecule has 106 valence electrons. The van der Waals surface area contributed by atoms with E-state index in [9.17, 15) is 9.59 Å². The Kier molecular flexibility index (Phi) is 5.84. The lowest BCUT2D eigenvalue weighted by atomic mass is 9.79. The van der Waals surface area contributed by atoms with Crippen LogP contribution in [-0.4, -0.2) is 24.1 Å². The van der Waals surface area contributed by atoms with E-state index in [4.69, 9.17) is 9.47 Å². The Hall–Kier alpha value is -1.06. The molecule has 0 fully saturated rings. The number of hydrogen-bond donors (Lipinski definition) is 0. The number of esters is 2. The Morgan fingerprint density at radius 3 is 2.00 bits per heavy atom. The maximum atomic E-state index is 11.6. The largest absolute Gasteiger partial charge is 0.457 e. The summed E-state index contributed by atoms with van der Waals surface area (Å²) in [6.45, 7) is 13.0. The second kappa shape index (κ2) is 6.21. The lowest BCUT2D eigenvalue weighted by molar-refractivity contribution is -0.177. The van der Waals surface area contributed by atoms with Gasteiger partial charge in [0.05, 0.1) is 5.92 Å². The first-order chi connectivity index (χ1) is 8.01. The average Bonchev–Trinajstić information content (AvgIpc) is 2.22. The van der Waals surface area contributed by atoms with Gasteiger partial charge in [-0.25, -0.2) is 4.79 Å². The van der Waals surface area contributed by atoms with E-state index in [-0.39, 0.29) is 23.9 Å². The van der Waals surface area contributed by atoms with Gasteiger partial charge in [-0.15, -0.1) is 0 Å². The molecule has 0 aromatic heterocycles. The Morgan fingerprint density at radius 2 is 1.61 bits per heavy atom. The standard InChI is InChI=1S/C14H26O4/c1-8-10(2)12(16)17-9-11(15)18-14(6,7)13(3,4)5/h10H,8-9H2,1-7H3. The van der Waals surface area contributed by atoms with Crippen molar-refractivity contribution in [1.29, 1.82) is 0 Å². The summed E-state index contributed by atoms with van der Waals surface area (Å²) in [6, 6.07) is 0. The molecule has 0 amide bonds. The molecule has 0 rings (SSSR count). The minimum atomic E-state index is -0.604. The van der Waals surface area contributed by atoms with E-state index in [1.54, 1.807) is 6.92 Å². The molecule has 0 saturated carbocycles. The molecule has 0 aliphatic carbocycles. The summed E-state index contributed by atoms with van der Waals surface area (Å²) in [6.07, 6.45) is 0.696. The number of ether oxygens (including phenoxy) is 2. The quantitative estimate of drug-likeness (QED) is 0.711. The van der Waals surface area contributed by atoms with Crippen LogP contribution in [0, 0.1) is 11.3 Å². The van der Waals surface area contributed by atoms with Crippen molar-refractivity contribution < 1.29 is 19.1 Å². The molecule has 0 aliphatic heterocycles. The molecule has 0 saturated heterocycles. The first-order valence-electron chi connectivity index (χ1n) is 6.39. The smallest absolute Gasteiger partial charge is 0.344 e. The summed E-state index contributed by atoms with van der Waals surface area (Å²) in [5.74, 6) is -1.05. The van der Waals surface area contributed by atoms with Crippen molar-refractivity contribution in [3.63, 3.8) is 0 Å². The maximum absolute atomic E-state index is 11.6. The van der Waals surface area contributed by atoms with Crippen LogP contribution in [0.4, 0.5) is 0 Å². The fraction of sp³-hybridized carbons (Fsp3) is 0.857. The van der Waals surface area contributed by atoms with Gasteiger partial charge in [-0.1, -0.05) is 34.6 Å². The summed E-state index contributed by atoms with van der Waals surface area (Å²) in [5, 5.41) is 0. The average molecular weight is 258 g/mol. The van der Waals surface area contributed by atoms with Crippen molar-refractivity contribution in [3.05, 3.63) is 0 Å². The summed E-state index contributed by atoms with van der Waals surface area (Å²) < 4.78 is 10.3. The van der Waals surface area contributed by atoms with Gasteiger partial charge in [-0.2, -0.15) is 0 Å². The van der Waals surface area contributed by atoms with Crippen LogP contribution in [0.1, 0.15) is 54.9 Å². The first kappa shape index (κ1) is 16.9. The first-order valence-corrected chi connectivity index (χ1v) is 6.39. The lowest BCUT2D eigenvalue weighted by Gasteiger charge is -2.37. The molecular weight excluding hydrogens is 232 g/mol. The normalized spacial score (nSPS) is 13.9. The van der Waals surface area contributed by atoms with E-state index < -0.39 is 11.6 Å². The van der Waals surface area contributed by atoms with Crippen LogP contribution in [0.2, 0.25) is 0 Å². The summed E-state index contributed by atoms with van der Waals surface area (Å²) in [7, 11) is 0. The van der Waals surface area contributed by atoms with E-state index in [0.29, 0.717) is 6.42 Å². The summed E-state index contributed by atoms with van der Waals surface area (Å²) >= 11 is 0. The lowest BCUT2D eigenvalue weighted by Crippen LogP contribution is -2.42. The van der Waals surface area contributed by atoms with Crippen LogP contribution in [0.5, 0.6) is 0 Å². The molecule has 1 atom stereocenters. The number of carbonyl (C=O) groups is 2. The Morgan fingerprint density at radius 1 is 1.11 bits per heavy atom. The van der Waals surface area contributed by atoms with Gasteiger partial charge >= 0.3 is 11.9 Å². The highest BCUT2D eigenvalue weighted by Crippen LogP contribution is 2.32. The maximum Gasteiger partial charge on any atom is 0.344 e. The van der Waals surface area contributed by atoms with Gasteiger partial charge < -0.3 is 9.47 Å². The molecule has 1 unspecified atom stereocenters. The molecule has 18 heavy (non-hydrogen) atoms. The summed E-state index contributed by atoms with van der Waals surface area (Å²) in [4.78, 5) is 23.0. The molecule has 4 nitrogen and oxygen atoms in total. The second-order valence-electron chi connectivity index (χ2n) is 6.15. The van der Waals surface area contributed by atoms with Crippen LogP contribution >= 0.6 is 0 Å². The predicted octanol–water partition coefficient (Wildman–Crippen LogP) is 2.94. The van der Waals surface area contributed by atoms with Gasteiger partial charge in [0.25, 0.3) is 0 Å². The third-order valence-electron chi connectivity index (χ3n) is 3.52. The zero-order chi connectivity index (χ0) is 14.6. The van der Waals surface area contributed by atoms with Gasteiger partial charge in [-0.3, -0.25) is 4.79 Å². The van der Waals surface area contributed by atoms with Crippen LogP contribution in [-0.2, 0) is 19.1 Å². The van der Waals surface area contributed by atoms with Gasteiger partial charge in [-0.05, 0) is 20.3 Å². The molecule has 0 aromatic rings. The van der Waals surface area contributed by atoms with Crippen LogP contribution in [0.3, 0.4) is 0 Å². The van der Waals surface area contributed by atoms with E-state index >= 15 is 0 Å². The molecular formula is C14H26O4. The molecule has 0 heterocycles. The van der Waals surface area contributed by atoms with E-state index in [1.807, 2.05) is 41.5 Å². The third-order valence-corrected chi connectivity index (χ3v) is 3.52. The fourth-order valence-electron chi connectivity index (χ4n) is 0.906. The molecule has 0 bridgehead atoms.